The third-order valence-corrected chi connectivity index (χ3v) is 3.91. The van der Waals surface area contributed by atoms with Crippen LogP contribution in [0.25, 0.3) is 9.88 Å². The van der Waals surface area contributed by atoms with Gasteiger partial charge in [-0.2, -0.15) is 0 Å². The normalized spacial score (nSPS) is 10.6. The summed E-state index contributed by atoms with van der Waals surface area (Å²) >= 11 is 8.88. The molecule has 2 aromatic rings. The van der Waals surface area contributed by atoms with Crippen molar-refractivity contribution in [2.75, 3.05) is 0 Å². The second kappa shape index (κ2) is 3.75. The lowest BCUT2D eigenvalue weighted by atomic mass is 10.5. The fourth-order valence-electron chi connectivity index (χ4n) is 0.936. The molecule has 68 valence electrons. The van der Waals surface area contributed by atoms with Crippen molar-refractivity contribution in [1.82, 2.24) is 4.98 Å². The van der Waals surface area contributed by atoms with Gasteiger partial charge in [-0.05, 0) is 11.4 Å². The molecular weight excluding hydrogens is 226 g/mol. The van der Waals surface area contributed by atoms with Gasteiger partial charge in [0.05, 0.1) is 17.2 Å². The van der Waals surface area contributed by atoms with E-state index < -0.39 is 0 Å². The van der Waals surface area contributed by atoms with Crippen molar-refractivity contribution in [3.05, 3.63) is 27.5 Å². The minimum Gasteiger partial charge on any atom is -0.390 e. The lowest BCUT2D eigenvalue weighted by Gasteiger charge is -1.86. The topological polar surface area (TPSA) is 33.1 Å². The van der Waals surface area contributed by atoms with E-state index in [1.165, 1.54) is 11.3 Å². The minimum atomic E-state index is -0.0965. The van der Waals surface area contributed by atoms with E-state index in [1.807, 2.05) is 17.5 Å². The highest BCUT2D eigenvalue weighted by Crippen LogP contribution is 2.33. The molecule has 0 unspecified atom stereocenters. The van der Waals surface area contributed by atoms with Gasteiger partial charge >= 0.3 is 0 Å². The van der Waals surface area contributed by atoms with Crippen LogP contribution in [0.2, 0.25) is 4.34 Å². The molecule has 2 heterocycles. The van der Waals surface area contributed by atoms with E-state index >= 15 is 0 Å². The number of aliphatic hydroxyl groups is 1. The molecule has 0 saturated heterocycles. The monoisotopic (exact) mass is 231 g/mol. The van der Waals surface area contributed by atoms with Crippen LogP contribution >= 0.6 is 34.3 Å². The first kappa shape index (κ1) is 9.15. The maximum Gasteiger partial charge on any atom is 0.135 e. The fraction of sp³-hybridized carbons (Fsp3) is 0.125. The van der Waals surface area contributed by atoms with E-state index in [-0.39, 0.29) is 6.61 Å². The van der Waals surface area contributed by atoms with Gasteiger partial charge in [0.15, 0.2) is 0 Å². The number of thiazole rings is 1. The Kier molecular flexibility index (Phi) is 2.64. The molecule has 13 heavy (non-hydrogen) atoms. The predicted molar refractivity (Wildman–Crippen MR) is 56.4 cm³/mol. The van der Waals surface area contributed by atoms with Crippen LogP contribution in [0.5, 0.6) is 0 Å². The minimum absolute atomic E-state index is 0.0965. The number of thiophene rings is 1. The standard InChI is InChI=1S/C8H6ClNOS2/c9-7-5(4-11)10-8(13-7)6-2-1-3-12-6/h1-3,11H,4H2. The summed E-state index contributed by atoms with van der Waals surface area (Å²) < 4.78 is 0.575. The van der Waals surface area contributed by atoms with Crippen LogP contribution in [0, 0.1) is 0 Å². The number of hydrogen-bond acceptors (Lipinski definition) is 4. The number of nitrogens with zero attached hydrogens (tertiary/aromatic N) is 1. The maximum atomic E-state index is 8.89. The van der Waals surface area contributed by atoms with E-state index in [2.05, 4.69) is 4.98 Å². The van der Waals surface area contributed by atoms with Gasteiger partial charge in [-0.1, -0.05) is 17.7 Å². The Morgan fingerprint density at radius 2 is 2.38 bits per heavy atom. The van der Waals surface area contributed by atoms with Gasteiger partial charge in [0.1, 0.15) is 9.34 Å². The first-order valence-electron chi connectivity index (χ1n) is 3.61. The molecule has 0 aliphatic carbocycles. The van der Waals surface area contributed by atoms with Crippen molar-refractivity contribution in [3.8, 4) is 9.88 Å². The van der Waals surface area contributed by atoms with Crippen LogP contribution < -0.4 is 0 Å². The van der Waals surface area contributed by atoms with Crippen LogP contribution in [0.15, 0.2) is 17.5 Å². The Hall–Kier alpha value is -0.420. The van der Waals surface area contributed by atoms with Gasteiger partial charge in [0.2, 0.25) is 0 Å². The molecular formula is C8H6ClNOS2. The second-order valence-corrected chi connectivity index (χ2v) is 4.92. The lowest BCUT2D eigenvalue weighted by Crippen LogP contribution is -1.82. The van der Waals surface area contributed by atoms with E-state index in [0.29, 0.717) is 10.0 Å². The SMILES string of the molecule is OCc1nc(-c2cccs2)sc1Cl. The van der Waals surface area contributed by atoms with Crippen LogP contribution in [0.3, 0.4) is 0 Å². The zero-order valence-corrected chi connectivity index (χ0v) is 8.92. The summed E-state index contributed by atoms with van der Waals surface area (Å²) in [5, 5.41) is 11.8. The summed E-state index contributed by atoms with van der Waals surface area (Å²) in [4.78, 5) is 5.31. The summed E-state index contributed by atoms with van der Waals surface area (Å²) in [6.45, 7) is -0.0965. The highest BCUT2D eigenvalue weighted by Gasteiger charge is 2.10. The number of hydrogen-bond donors (Lipinski definition) is 1. The Bertz CT molecular complexity index is 396. The van der Waals surface area contributed by atoms with Gasteiger partial charge in [0.25, 0.3) is 0 Å². The van der Waals surface area contributed by atoms with E-state index in [1.54, 1.807) is 11.3 Å². The smallest absolute Gasteiger partial charge is 0.135 e. The van der Waals surface area contributed by atoms with E-state index in [9.17, 15) is 0 Å². The van der Waals surface area contributed by atoms with Crippen LogP contribution in [0.4, 0.5) is 0 Å². The average molecular weight is 232 g/mol. The molecule has 0 aliphatic heterocycles. The Morgan fingerprint density at radius 3 is 2.92 bits per heavy atom. The van der Waals surface area contributed by atoms with Crippen molar-refractivity contribution in [2.24, 2.45) is 0 Å². The molecule has 0 radical (unpaired) electrons. The van der Waals surface area contributed by atoms with Crippen molar-refractivity contribution >= 4 is 34.3 Å². The van der Waals surface area contributed by atoms with E-state index in [4.69, 9.17) is 16.7 Å². The van der Waals surface area contributed by atoms with Gasteiger partial charge in [-0.3, -0.25) is 0 Å². The highest BCUT2D eigenvalue weighted by atomic mass is 35.5. The van der Waals surface area contributed by atoms with Gasteiger partial charge in [0, 0.05) is 0 Å². The van der Waals surface area contributed by atoms with Gasteiger partial charge in [-0.15, -0.1) is 22.7 Å². The molecule has 0 aliphatic rings. The number of aromatic nitrogens is 1. The molecule has 1 N–H and O–H groups in total. The number of halogens is 1. The summed E-state index contributed by atoms with van der Waals surface area (Å²) in [5.74, 6) is 0. The van der Waals surface area contributed by atoms with Crippen molar-refractivity contribution in [3.63, 3.8) is 0 Å². The van der Waals surface area contributed by atoms with Crippen LogP contribution in [-0.4, -0.2) is 10.1 Å². The maximum absolute atomic E-state index is 8.89. The van der Waals surface area contributed by atoms with Crippen molar-refractivity contribution in [1.29, 1.82) is 0 Å². The number of rotatable bonds is 2. The Labute approximate surface area is 88.5 Å². The first-order chi connectivity index (χ1) is 6.31. The third-order valence-electron chi connectivity index (χ3n) is 1.53. The fourth-order valence-corrected chi connectivity index (χ4v) is 2.86. The van der Waals surface area contributed by atoms with Crippen molar-refractivity contribution in [2.45, 2.75) is 6.61 Å². The van der Waals surface area contributed by atoms with Crippen molar-refractivity contribution < 1.29 is 5.11 Å². The molecule has 2 aromatic heterocycles. The summed E-state index contributed by atoms with van der Waals surface area (Å²) in [6, 6.07) is 3.95. The zero-order chi connectivity index (χ0) is 9.26. The molecule has 0 atom stereocenters. The molecule has 0 fully saturated rings. The molecule has 0 spiro atoms. The summed E-state index contributed by atoms with van der Waals surface area (Å²) in [6.07, 6.45) is 0. The summed E-state index contributed by atoms with van der Waals surface area (Å²) in [7, 11) is 0. The second-order valence-electron chi connectivity index (χ2n) is 2.37. The van der Waals surface area contributed by atoms with Gasteiger partial charge in [-0.25, -0.2) is 4.98 Å². The largest absolute Gasteiger partial charge is 0.390 e. The predicted octanol–water partition coefficient (Wildman–Crippen LogP) is 3.02. The van der Waals surface area contributed by atoms with E-state index in [0.717, 1.165) is 9.88 Å². The average Bonchev–Trinajstić information content (AvgIpc) is 2.71. The lowest BCUT2D eigenvalue weighted by molar-refractivity contribution is 0.278. The molecule has 2 nitrogen and oxygen atoms in total. The van der Waals surface area contributed by atoms with Crippen LogP contribution in [-0.2, 0) is 6.61 Å². The number of aliphatic hydroxyl groups excluding tert-OH is 1. The first-order valence-corrected chi connectivity index (χ1v) is 5.68. The Morgan fingerprint density at radius 1 is 1.54 bits per heavy atom. The molecule has 0 bridgehead atoms. The molecule has 2 rings (SSSR count). The third kappa shape index (κ3) is 1.76. The molecule has 0 amide bonds. The summed E-state index contributed by atoms with van der Waals surface area (Å²) in [5.41, 5.74) is 0.565. The van der Waals surface area contributed by atoms with Gasteiger partial charge < -0.3 is 5.11 Å². The zero-order valence-electron chi connectivity index (χ0n) is 6.53. The Balaban J connectivity index is 2.43. The van der Waals surface area contributed by atoms with Crippen LogP contribution in [0.1, 0.15) is 5.69 Å². The molecule has 0 aromatic carbocycles. The molecule has 0 saturated carbocycles. The molecule has 5 heteroatoms. The quantitative estimate of drug-likeness (QED) is 0.862. The highest BCUT2D eigenvalue weighted by molar-refractivity contribution is 7.23.